The van der Waals surface area contributed by atoms with Crippen LogP contribution in [0.15, 0.2) is 36.7 Å². The highest BCUT2D eigenvalue weighted by Crippen LogP contribution is 2.38. The van der Waals surface area contributed by atoms with Gasteiger partial charge in [0.2, 0.25) is 0 Å². The number of amides is 1. The van der Waals surface area contributed by atoms with Crippen molar-refractivity contribution < 1.29 is 32.5 Å². The lowest BCUT2D eigenvalue weighted by atomic mass is 9.99. The molecule has 2 N–H and O–H groups in total. The van der Waals surface area contributed by atoms with E-state index in [1.54, 1.807) is 49.8 Å². The molecule has 1 amide bonds. The number of rotatable bonds is 8. The number of aliphatic hydroxyl groups is 1. The molecule has 0 radical (unpaired) electrons. The smallest absolute Gasteiger partial charge is 0.387 e. The van der Waals surface area contributed by atoms with Crippen LogP contribution in [-0.2, 0) is 5.60 Å². The molecular weight excluding hydrogens is 439 g/mol. The molecule has 33 heavy (non-hydrogen) atoms. The number of pyridine rings is 1. The average Bonchev–Trinajstić information content (AvgIpc) is 3.24. The summed E-state index contributed by atoms with van der Waals surface area (Å²) in [6, 6.07) is 5.68. The van der Waals surface area contributed by atoms with Crippen LogP contribution in [0.3, 0.4) is 0 Å². The first kappa shape index (κ1) is 22.9. The molecule has 10 heteroatoms. The maximum atomic E-state index is 13.3. The minimum atomic E-state index is -3.19. The SMILES string of the molecule is CCOc1cc(-c2cnn3cc(C(C)(C)O)ccc23)cc(OC(F)F)c1C(=O)N[C@@H]1C[C@@H]1F. The molecule has 0 aliphatic heterocycles. The van der Waals surface area contributed by atoms with Crippen molar-refractivity contribution in [3.8, 4) is 22.6 Å². The zero-order valence-corrected chi connectivity index (χ0v) is 18.3. The highest BCUT2D eigenvalue weighted by molar-refractivity contribution is 6.01. The Bertz CT molecular complexity index is 1190. The first-order chi connectivity index (χ1) is 15.6. The highest BCUT2D eigenvalue weighted by atomic mass is 19.3. The molecule has 1 aliphatic rings. The van der Waals surface area contributed by atoms with Crippen LogP contribution >= 0.6 is 0 Å². The van der Waals surface area contributed by atoms with Crippen molar-refractivity contribution >= 4 is 11.4 Å². The van der Waals surface area contributed by atoms with E-state index in [-0.39, 0.29) is 30.1 Å². The number of ether oxygens (including phenoxy) is 2. The molecule has 2 atom stereocenters. The molecule has 1 aromatic carbocycles. The van der Waals surface area contributed by atoms with Gasteiger partial charge in [-0.25, -0.2) is 8.91 Å². The van der Waals surface area contributed by atoms with Gasteiger partial charge in [-0.05, 0) is 44.5 Å². The zero-order valence-electron chi connectivity index (χ0n) is 18.3. The number of carbonyl (C=O) groups is 1. The van der Waals surface area contributed by atoms with Crippen LogP contribution < -0.4 is 14.8 Å². The number of hydrogen-bond donors (Lipinski definition) is 2. The molecule has 2 heterocycles. The van der Waals surface area contributed by atoms with Crippen LogP contribution in [0.5, 0.6) is 11.5 Å². The first-order valence-corrected chi connectivity index (χ1v) is 10.5. The number of halogens is 3. The van der Waals surface area contributed by atoms with Gasteiger partial charge < -0.3 is 19.9 Å². The number of nitrogens with zero attached hydrogens (tertiary/aromatic N) is 2. The Morgan fingerprint density at radius 1 is 1.33 bits per heavy atom. The maximum Gasteiger partial charge on any atom is 0.387 e. The number of fused-ring (bicyclic) bond motifs is 1. The summed E-state index contributed by atoms with van der Waals surface area (Å²) in [5.41, 5.74) is 1.00. The van der Waals surface area contributed by atoms with E-state index < -0.39 is 30.3 Å². The van der Waals surface area contributed by atoms with Crippen LogP contribution in [0.1, 0.15) is 43.1 Å². The minimum Gasteiger partial charge on any atom is -0.493 e. The Morgan fingerprint density at radius 2 is 2.03 bits per heavy atom. The summed E-state index contributed by atoms with van der Waals surface area (Å²) >= 11 is 0. The maximum absolute atomic E-state index is 13.3. The van der Waals surface area contributed by atoms with Gasteiger partial charge in [0.25, 0.3) is 5.91 Å². The summed E-state index contributed by atoms with van der Waals surface area (Å²) in [6.07, 6.45) is 2.23. The predicted molar refractivity (Wildman–Crippen MR) is 114 cm³/mol. The second-order valence-electron chi connectivity index (χ2n) is 8.36. The Balaban J connectivity index is 1.82. The molecule has 1 fully saturated rings. The molecule has 0 bridgehead atoms. The van der Waals surface area contributed by atoms with Gasteiger partial charge in [0.05, 0.1) is 30.0 Å². The van der Waals surface area contributed by atoms with Crippen LogP contribution in [0.2, 0.25) is 0 Å². The molecule has 7 nitrogen and oxygen atoms in total. The van der Waals surface area contributed by atoms with Crippen LogP contribution in [0.25, 0.3) is 16.6 Å². The van der Waals surface area contributed by atoms with Gasteiger partial charge in [-0.1, -0.05) is 6.07 Å². The van der Waals surface area contributed by atoms with Crippen molar-refractivity contribution in [3.05, 3.63) is 47.8 Å². The topological polar surface area (TPSA) is 85.1 Å². The van der Waals surface area contributed by atoms with Crippen molar-refractivity contribution in [1.82, 2.24) is 14.9 Å². The number of nitrogens with one attached hydrogen (secondary N) is 1. The molecule has 0 spiro atoms. The normalized spacial score (nSPS) is 17.9. The van der Waals surface area contributed by atoms with Gasteiger partial charge in [0.1, 0.15) is 23.2 Å². The largest absolute Gasteiger partial charge is 0.493 e. The number of hydrogen-bond acceptors (Lipinski definition) is 5. The third kappa shape index (κ3) is 4.75. The Labute approximate surface area is 188 Å². The Morgan fingerprint density at radius 3 is 2.64 bits per heavy atom. The van der Waals surface area contributed by atoms with Gasteiger partial charge in [-0.3, -0.25) is 4.79 Å². The summed E-state index contributed by atoms with van der Waals surface area (Å²) in [7, 11) is 0. The molecule has 1 saturated carbocycles. The molecule has 4 rings (SSSR count). The standard InChI is InChI=1S/C23H24F3N3O4/c1-4-32-18-7-12(14-10-27-29-11-13(23(2,3)31)5-6-17(14)29)8-19(33-22(25)26)20(18)21(30)28-16-9-15(16)24/h5-8,10-11,15-16,22,31H,4,9H2,1-3H3,(H,28,30)/t15-,16+/m0/s1. The van der Waals surface area contributed by atoms with E-state index in [9.17, 15) is 23.1 Å². The molecule has 3 aromatic rings. The zero-order chi connectivity index (χ0) is 23.9. The van der Waals surface area contributed by atoms with Crippen molar-refractivity contribution in [1.29, 1.82) is 0 Å². The number of carbonyl (C=O) groups excluding carboxylic acids is 1. The van der Waals surface area contributed by atoms with E-state index >= 15 is 0 Å². The number of benzene rings is 1. The summed E-state index contributed by atoms with van der Waals surface area (Å²) in [5, 5.41) is 17.0. The van der Waals surface area contributed by atoms with E-state index in [4.69, 9.17) is 4.74 Å². The van der Waals surface area contributed by atoms with Crippen LogP contribution in [0, 0.1) is 0 Å². The fraction of sp³-hybridized carbons (Fsp3) is 0.391. The third-order valence-corrected chi connectivity index (χ3v) is 5.37. The molecule has 176 valence electrons. The highest BCUT2D eigenvalue weighted by Gasteiger charge is 2.40. The quantitative estimate of drug-likeness (QED) is 0.526. The lowest BCUT2D eigenvalue weighted by Crippen LogP contribution is -2.28. The van der Waals surface area contributed by atoms with Gasteiger partial charge in [0, 0.05) is 23.7 Å². The van der Waals surface area contributed by atoms with Gasteiger partial charge in [-0.15, -0.1) is 0 Å². The van der Waals surface area contributed by atoms with E-state index in [1.165, 1.54) is 12.1 Å². The van der Waals surface area contributed by atoms with Crippen LogP contribution in [-0.4, -0.2) is 46.1 Å². The monoisotopic (exact) mass is 463 g/mol. The summed E-state index contributed by atoms with van der Waals surface area (Å²) < 4.78 is 51.5. The third-order valence-electron chi connectivity index (χ3n) is 5.37. The van der Waals surface area contributed by atoms with E-state index in [0.717, 1.165) is 0 Å². The van der Waals surface area contributed by atoms with Gasteiger partial charge in [-0.2, -0.15) is 13.9 Å². The second kappa shape index (κ2) is 8.58. The molecule has 2 aromatic heterocycles. The van der Waals surface area contributed by atoms with Gasteiger partial charge >= 0.3 is 6.61 Å². The molecule has 0 saturated heterocycles. The van der Waals surface area contributed by atoms with E-state index in [2.05, 4.69) is 15.2 Å². The van der Waals surface area contributed by atoms with Crippen molar-refractivity contribution in [2.45, 2.75) is 51.6 Å². The lowest BCUT2D eigenvalue weighted by Gasteiger charge is -2.18. The van der Waals surface area contributed by atoms with Crippen LogP contribution in [0.4, 0.5) is 13.2 Å². The van der Waals surface area contributed by atoms with Crippen molar-refractivity contribution in [3.63, 3.8) is 0 Å². The fourth-order valence-electron chi connectivity index (χ4n) is 3.55. The summed E-state index contributed by atoms with van der Waals surface area (Å²) in [6.45, 7) is 1.97. The van der Waals surface area contributed by atoms with E-state index in [1.807, 2.05) is 0 Å². The first-order valence-electron chi connectivity index (χ1n) is 10.5. The van der Waals surface area contributed by atoms with Crippen molar-refractivity contribution in [2.75, 3.05) is 6.61 Å². The van der Waals surface area contributed by atoms with Crippen molar-refractivity contribution in [2.24, 2.45) is 0 Å². The summed E-state index contributed by atoms with van der Waals surface area (Å²) in [5.74, 6) is -1.10. The molecule has 1 aliphatic carbocycles. The number of alkyl halides is 3. The van der Waals surface area contributed by atoms with Gasteiger partial charge in [0.15, 0.2) is 0 Å². The average molecular weight is 463 g/mol. The predicted octanol–water partition coefficient (Wildman–Crippen LogP) is 4.07. The summed E-state index contributed by atoms with van der Waals surface area (Å²) in [4.78, 5) is 12.8. The Hall–Kier alpha value is -3.27. The molecular formula is C23H24F3N3O4. The van der Waals surface area contributed by atoms with E-state index in [0.29, 0.717) is 22.2 Å². The second-order valence-corrected chi connectivity index (χ2v) is 8.36. The molecule has 0 unspecified atom stereocenters. The fourth-order valence-corrected chi connectivity index (χ4v) is 3.55. The lowest BCUT2D eigenvalue weighted by molar-refractivity contribution is -0.0502. The Kier molecular flexibility index (Phi) is 5.96. The number of aromatic nitrogens is 2. The minimum absolute atomic E-state index is 0.0340.